The van der Waals surface area contributed by atoms with E-state index in [9.17, 15) is 9.18 Å². The van der Waals surface area contributed by atoms with Crippen molar-refractivity contribution in [3.05, 3.63) is 58.6 Å². The van der Waals surface area contributed by atoms with E-state index in [1.165, 1.54) is 19.2 Å². The first-order valence-electron chi connectivity index (χ1n) is 8.95. The normalized spacial score (nSPS) is 11.0. The Kier molecular flexibility index (Phi) is 4.75. The van der Waals surface area contributed by atoms with Crippen LogP contribution in [0.4, 0.5) is 4.39 Å². The van der Waals surface area contributed by atoms with Gasteiger partial charge in [0.05, 0.1) is 19.7 Å². The van der Waals surface area contributed by atoms with Crippen molar-refractivity contribution in [2.75, 3.05) is 14.2 Å². The van der Waals surface area contributed by atoms with Crippen LogP contribution in [0.2, 0.25) is 0 Å². The molecule has 0 radical (unpaired) electrons. The SMILES string of the molecule is CCn1cc(-c2nc(-c3ccc(OC)c(OC)c3)no2)c(=O)c2cc(F)ccc21. The molecule has 0 N–H and O–H groups in total. The quantitative estimate of drug-likeness (QED) is 0.510. The summed E-state index contributed by atoms with van der Waals surface area (Å²) in [6.45, 7) is 2.52. The molecule has 0 unspecified atom stereocenters. The Labute approximate surface area is 165 Å². The van der Waals surface area contributed by atoms with Gasteiger partial charge in [0.25, 0.3) is 5.89 Å². The van der Waals surface area contributed by atoms with Crippen molar-refractivity contribution in [2.24, 2.45) is 0 Å². The van der Waals surface area contributed by atoms with E-state index in [4.69, 9.17) is 14.0 Å². The number of aryl methyl sites for hydroxylation is 1. The summed E-state index contributed by atoms with van der Waals surface area (Å²) in [5.41, 5.74) is 1.12. The van der Waals surface area contributed by atoms with Gasteiger partial charge in [0.1, 0.15) is 11.4 Å². The smallest absolute Gasteiger partial charge is 0.263 e. The minimum absolute atomic E-state index is 0.0631. The summed E-state index contributed by atoms with van der Waals surface area (Å²) in [7, 11) is 3.08. The van der Waals surface area contributed by atoms with Crippen molar-refractivity contribution in [2.45, 2.75) is 13.5 Å². The Morgan fingerprint density at radius 1 is 1.10 bits per heavy atom. The minimum Gasteiger partial charge on any atom is -0.493 e. The minimum atomic E-state index is -0.481. The van der Waals surface area contributed by atoms with E-state index in [2.05, 4.69) is 10.1 Å². The van der Waals surface area contributed by atoms with Gasteiger partial charge in [0.2, 0.25) is 11.3 Å². The van der Waals surface area contributed by atoms with E-state index < -0.39 is 5.82 Å². The first kappa shape index (κ1) is 18.7. The van der Waals surface area contributed by atoms with Crippen LogP contribution in [-0.2, 0) is 6.54 Å². The molecule has 0 atom stereocenters. The van der Waals surface area contributed by atoms with Gasteiger partial charge in [-0.25, -0.2) is 4.39 Å². The third-order valence-electron chi connectivity index (χ3n) is 4.68. The summed E-state index contributed by atoms with van der Waals surface area (Å²) in [6.07, 6.45) is 1.65. The van der Waals surface area contributed by atoms with Crippen LogP contribution in [0.15, 0.2) is 51.9 Å². The molecule has 0 bridgehead atoms. The zero-order valence-electron chi connectivity index (χ0n) is 16.1. The zero-order chi connectivity index (χ0) is 20.5. The summed E-state index contributed by atoms with van der Waals surface area (Å²) < 4.78 is 31.4. The lowest BCUT2D eigenvalue weighted by molar-refractivity contribution is 0.355. The second-order valence-electron chi connectivity index (χ2n) is 6.31. The highest BCUT2D eigenvalue weighted by Gasteiger charge is 2.18. The van der Waals surface area contributed by atoms with Crippen molar-refractivity contribution in [3.8, 4) is 34.3 Å². The summed E-state index contributed by atoms with van der Waals surface area (Å²) in [5, 5.41) is 4.24. The molecule has 0 spiro atoms. The second kappa shape index (κ2) is 7.38. The number of fused-ring (bicyclic) bond motifs is 1. The summed E-state index contributed by atoms with van der Waals surface area (Å²) in [4.78, 5) is 17.3. The number of ether oxygens (including phenoxy) is 2. The molecule has 4 aromatic rings. The fourth-order valence-electron chi connectivity index (χ4n) is 3.21. The highest BCUT2D eigenvalue weighted by Crippen LogP contribution is 2.32. The predicted octanol–water partition coefficient (Wildman–Crippen LogP) is 3.89. The lowest BCUT2D eigenvalue weighted by atomic mass is 10.1. The number of aromatic nitrogens is 3. The molecule has 8 heteroatoms. The van der Waals surface area contributed by atoms with Gasteiger partial charge in [-0.15, -0.1) is 0 Å². The topological polar surface area (TPSA) is 79.4 Å². The van der Waals surface area contributed by atoms with Gasteiger partial charge in [-0.1, -0.05) is 5.16 Å². The van der Waals surface area contributed by atoms with Crippen molar-refractivity contribution in [1.82, 2.24) is 14.7 Å². The molecule has 0 saturated heterocycles. The number of methoxy groups -OCH3 is 2. The molecule has 2 aromatic carbocycles. The Balaban J connectivity index is 1.84. The van der Waals surface area contributed by atoms with Crippen molar-refractivity contribution in [3.63, 3.8) is 0 Å². The number of halogens is 1. The van der Waals surface area contributed by atoms with Crippen LogP contribution in [-0.4, -0.2) is 28.9 Å². The maximum Gasteiger partial charge on any atom is 0.263 e. The van der Waals surface area contributed by atoms with Crippen LogP contribution in [0.25, 0.3) is 33.7 Å². The van der Waals surface area contributed by atoms with E-state index in [1.807, 2.05) is 11.5 Å². The van der Waals surface area contributed by atoms with E-state index in [0.29, 0.717) is 34.9 Å². The lowest BCUT2D eigenvalue weighted by Gasteiger charge is -2.10. The van der Waals surface area contributed by atoms with Crippen LogP contribution in [0.5, 0.6) is 11.5 Å². The number of nitrogens with zero attached hydrogens (tertiary/aromatic N) is 3. The molecule has 2 heterocycles. The van der Waals surface area contributed by atoms with E-state index >= 15 is 0 Å². The van der Waals surface area contributed by atoms with Gasteiger partial charge in [0.15, 0.2) is 11.5 Å². The Morgan fingerprint density at radius 2 is 1.90 bits per heavy atom. The fourth-order valence-corrected chi connectivity index (χ4v) is 3.21. The Bertz CT molecular complexity index is 1260. The lowest BCUT2D eigenvalue weighted by Crippen LogP contribution is -2.12. The van der Waals surface area contributed by atoms with Crippen LogP contribution in [0.1, 0.15) is 6.92 Å². The molecule has 148 valence electrons. The fraction of sp³-hybridized carbons (Fsp3) is 0.190. The molecule has 4 rings (SSSR count). The Hall–Kier alpha value is -3.68. The molecule has 0 aliphatic rings. The molecule has 0 saturated carbocycles. The van der Waals surface area contributed by atoms with Crippen molar-refractivity contribution >= 4 is 10.9 Å². The van der Waals surface area contributed by atoms with Gasteiger partial charge in [-0.3, -0.25) is 4.79 Å². The molecular weight excluding hydrogens is 377 g/mol. The largest absolute Gasteiger partial charge is 0.493 e. The molecule has 0 amide bonds. The number of rotatable bonds is 5. The highest BCUT2D eigenvalue weighted by atomic mass is 19.1. The maximum absolute atomic E-state index is 13.7. The first-order chi connectivity index (χ1) is 14.0. The highest BCUT2D eigenvalue weighted by molar-refractivity contribution is 5.83. The second-order valence-corrected chi connectivity index (χ2v) is 6.31. The van der Waals surface area contributed by atoms with Crippen LogP contribution >= 0.6 is 0 Å². The number of pyridine rings is 1. The first-order valence-corrected chi connectivity index (χ1v) is 8.95. The number of benzene rings is 2. The monoisotopic (exact) mass is 395 g/mol. The molecule has 29 heavy (non-hydrogen) atoms. The van der Waals surface area contributed by atoms with Gasteiger partial charge in [-0.05, 0) is 43.3 Å². The van der Waals surface area contributed by atoms with Gasteiger partial charge in [0, 0.05) is 23.7 Å². The van der Waals surface area contributed by atoms with E-state index in [0.717, 1.165) is 0 Å². The molecule has 0 aliphatic carbocycles. The molecule has 0 fully saturated rings. The molecule has 0 aliphatic heterocycles. The van der Waals surface area contributed by atoms with Gasteiger partial charge >= 0.3 is 0 Å². The van der Waals surface area contributed by atoms with Gasteiger partial charge < -0.3 is 18.6 Å². The van der Waals surface area contributed by atoms with E-state index in [-0.39, 0.29) is 22.3 Å². The zero-order valence-corrected chi connectivity index (χ0v) is 16.1. The maximum atomic E-state index is 13.7. The third-order valence-corrected chi connectivity index (χ3v) is 4.68. The molecule has 2 aromatic heterocycles. The average Bonchev–Trinajstić information content (AvgIpc) is 3.23. The molecule has 7 nitrogen and oxygen atoms in total. The predicted molar refractivity (Wildman–Crippen MR) is 106 cm³/mol. The Morgan fingerprint density at radius 3 is 2.62 bits per heavy atom. The van der Waals surface area contributed by atoms with E-state index in [1.54, 1.807) is 37.6 Å². The van der Waals surface area contributed by atoms with Crippen LogP contribution in [0, 0.1) is 5.82 Å². The average molecular weight is 395 g/mol. The van der Waals surface area contributed by atoms with Crippen molar-refractivity contribution in [1.29, 1.82) is 0 Å². The van der Waals surface area contributed by atoms with Crippen LogP contribution < -0.4 is 14.9 Å². The standard InChI is InChI=1S/C21H18FN3O4/c1-4-25-11-15(19(26)14-10-13(22)6-7-16(14)25)21-23-20(24-29-21)12-5-8-17(27-2)18(9-12)28-3/h5-11H,4H2,1-3H3. The third kappa shape index (κ3) is 3.22. The summed E-state index contributed by atoms with van der Waals surface area (Å²) in [5.74, 6) is 0.968. The molecular formula is C21H18FN3O4. The van der Waals surface area contributed by atoms with Crippen molar-refractivity contribution < 1.29 is 18.4 Å². The summed E-state index contributed by atoms with van der Waals surface area (Å²) >= 11 is 0. The number of hydrogen-bond donors (Lipinski definition) is 0. The summed E-state index contributed by atoms with van der Waals surface area (Å²) in [6, 6.07) is 9.34. The number of hydrogen-bond acceptors (Lipinski definition) is 6. The van der Waals surface area contributed by atoms with Crippen LogP contribution in [0.3, 0.4) is 0 Å². The van der Waals surface area contributed by atoms with Gasteiger partial charge in [-0.2, -0.15) is 4.98 Å².